The van der Waals surface area contributed by atoms with Gasteiger partial charge >= 0.3 is 0 Å². The summed E-state index contributed by atoms with van der Waals surface area (Å²) >= 11 is 0. The zero-order chi connectivity index (χ0) is 31.3. The number of primary amides is 1. The Morgan fingerprint density at radius 1 is 1.07 bits per heavy atom. The Balaban J connectivity index is 2.82. The van der Waals surface area contributed by atoms with Crippen molar-refractivity contribution >= 4 is 23.4 Å². The van der Waals surface area contributed by atoms with Crippen molar-refractivity contribution < 1.29 is 33.4 Å². The minimum absolute atomic E-state index is 0.0662. The molecule has 0 aliphatic carbocycles. The van der Waals surface area contributed by atoms with Crippen LogP contribution in [0, 0.1) is 34.9 Å². The van der Waals surface area contributed by atoms with Crippen molar-refractivity contribution in [1.29, 1.82) is 0 Å². The third kappa shape index (κ3) is 12.7. The number of ether oxygens (including phenoxy) is 2. The number of methoxy groups -OCH3 is 1. The van der Waals surface area contributed by atoms with Gasteiger partial charge in [0.2, 0.25) is 17.7 Å². The molecule has 1 rings (SSSR count). The van der Waals surface area contributed by atoms with E-state index in [0.717, 1.165) is 0 Å². The summed E-state index contributed by atoms with van der Waals surface area (Å²) < 4.78 is 24.6. The second kappa shape index (κ2) is 17.3. The van der Waals surface area contributed by atoms with Crippen LogP contribution in [0.5, 0.6) is 5.75 Å². The van der Waals surface area contributed by atoms with Crippen LogP contribution in [0.3, 0.4) is 0 Å². The number of carbonyl (C=O) groups is 3. The molecule has 0 unspecified atom stereocenters. The topological polar surface area (TPSA) is 166 Å². The Morgan fingerprint density at radius 2 is 1.73 bits per heavy atom. The van der Waals surface area contributed by atoms with Gasteiger partial charge in [0, 0.05) is 51.1 Å². The van der Waals surface area contributed by atoms with E-state index < -0.39 is 35.2 Å². The number of benzene rings is 1. The molecule has 0 bridgehead atoms. The lowest BCUT2D eigenvalue weighted by atomic mass is 9.81. The third-order valence-corrected chi connectivity index (χ3v) is 7.43. The molecule has 0 aliphatic heterocycles. The van der Waals surface area contributed by atoms with Gasteiger partial charge in [0.1, 0.15) is 11.6 Å². The van der Waals surface area contributed by atoms with Crippen LogP contribution in [0.2, 0.25) is 0 Å². The Bertz CT molecular complexity index is 988. The molecule has 10 nitrogen and oxygen atoms in total. The lowest BCUT2D eigenvalue weighted by Crippen LogP contribution is -2.46. The van der Waals surface area contributed by atoms with Crippen molar-refractivity contribution in [3.8, 4) is 5.75 Å². The van der Waals surface area contributed by atoms with Crippen molar-refractivity contribution in [2.24, 2.45) is 40.6 Å². The van der Waals surface area contributed by atoms with Crippen molar-refractivity contribution in [2.75, 3.05) is 32.2 Å². The second-order valence-corrected chi connectivity index (χ2v) is 12.1. The van der Waals surface area contributed by atoms with E-state index >= 15 is 0 Å². The van der Waals surface area contributed by atoms with E-state index in [0.29, 0.717) is 31.8 Å². The number of hydrogen-bond acceptors (Lipinski definition) is 7. The first-order valence-corrected chi connectivity index (χ1v) is 14.3. The van der Waals surface area contributed by atoms with Gasteiger partial charge in [-0.15, -0.1) is 0 Å². The highest BCUT2D eigenvalue weighted by molar-refractivity contribution is 5.92. The minimum Gasteiger partial charge on any atom is -0.491 e. The summed E-state index contributed by atoms with van der Waals surface area (Å²) in [5.74, 6) is -2.00. The molecule has 0 saturated heterocycles. The zero-order valence-corrected chi connectivity index (χ0v) is 25.7. The molecule has 0 saturated carbocycles. The molecule has 0 spiro atoms. The van der Waals surface area contributed by atoms with E-state index in [-0.39, 0.29) is 54.6 Å². The number of carbonyl (C=O) groups excluding carboxylic acids is 3. The van der Waals surface area contributed by atoms with E-state index in [1.807, 2.05) is 27.7 Å². The number of halogens is 1. The molecular formula is C30H51FN4O6. The summed E-state index contributed by atoms with van der Waals surface area (Å²) in [5.41, 5.74) is 11.1. The van der Waals surface area contributed by atoms with Gasteiger partial charge in [-0.05, 0) is 56.6 Å². The SMILES string of the molecule is COCCCOc1ccc(F)cc1NC(=O)C[C@@H](C[C@H](N)[C@@H](O)C[C@H](C(=O)NCC(C)(C)C(N)=O)C(C)C)C(C)C. The first-order valence-electron chi connectivity index (χ1n) is 14.3. The highest BCUT2D eigenvalue weighted by Crippen LogP contribution is 2.29. The van der Waals surface area contributed by atoms with Gasteiger partial charge in [0.05, 0.1) is 23.8 Å². The van der Waals surface area contributed by atoms with Gasteiger partial charge in [-0.3, -0.25) is 14.4 Å². The van der Waals surface area contributed by atoms with E-state index in [1.165, 1.54) is 18.2 Å². The molecule has 0 fully saturated rings. The molecule has 11 heteroatoms. The normalized spacial score (nSPS) is 14.8. The molecule has 0 aliphatic rings. The summed E-state index contributed by atoms with van der Waals surface area (Å²) in [6, 6.07) is 3.27. The number of aliphatic hydroxyl groups is 1. The first-order chi connectivity index (χ1) is 19.1. The Hall–Kier alpha value is -2.76. The first kappa shape index (κ1) is 36.3. The molecular weight excluding hydrogens is 531 g/mol. The molecule has 0 aromatic heterocycles. The summed E-state index contributed by atoms with van der Waals surface area (Å²) in [7, 11) is 1.59. The van der Waals surface area contributed by atoms with Crippen molar-refractivity contribution in [3.05, 3.63) is 24.0 Å². The largest absolute Gasteiger partial charge is 0.491 e. The van der Waals surface area contributed by atoms with Crippen LogP contribution in [0.4, 0.5) is 10.1 Å². The highest BCUT2D eigenvalue weighted by Gasteiger charge is 2.32. The van der Waals surface area contributed by atoms with Crippen LogP contribution in [-0.2, 0) is 19.1 Å². The molecule has 0 heterocycles. The van der Waals surface area contributed by atoms with Crippen LogP contribution in [0.15, 0.2) is 18.2 Å². The summed E-state index contributed by atoms with van der Waals surface area (Å²) in [5, 5.41) is 16.5. The average Bonchev–Trinajstić information content (AvgIpc) is 2.88. The monoisotopic (exact) mass is 582 g/mol. The summed E-state index contributed by atoms with van der Waals surface area (Å²) in [6.07, 6.45) is 0.232. The Labute approximate surface area is 244 Å². The van der Waals surface area contributed by atoms with E-state index in [9.17, 15) is 23.9 Å². The third-order valence-electron chi connectivity index (χ3n) is 7.43. The molecule has 1 aromatic rings. The number of anilines is 1. The van der Waals surface area contributed by atoms with Gasteiger partial charge in [-0.1, -0.05) is 27.7 Å². The van der Waals surface area contributed by atoms with E-state index in [2.05, 4.69) is 10.6 Å². The number of amides is 3. The smallest absolute Gasteiger partial charge is 0.224 e. The average molecular weight is 583 g/mol. The zero-order valence-electron chi connectivity index (χ0n) is 25.7. The highest BCUT2D eigenvalue weighted by atomic mass is 19.1. The fourth-order valence-electron chi connectivity index (χ4n) is 4.29. The van der Waals surface area contributed by atoms with Crippen LogP contribution >= 0.6 is 0 Å². The standard InChI is InChI=1S/C30H51FN4O6/c1-18(2)20(14-27(37)35-24-15-21(31)9-10-26(24)41-12-8-11-40-7)13-23(32)25(36)16-22(19(3)4)28(38)34-17-30(5,6)29(33)39/h9-10,15,18-20,22-23,25,36H,8,11-14,16-17,32H2,1-7H3,(H2,33,39)(H,34,38)(H,35,37)/t20-,22+,23+,25+/m1/s1. The lowest BCUT2D eigenvalue weighted by molar-refractivity contribution is -0.130. The molecule has 4 atom stereocenters. The number of aliphatic hydroxyl groups excluding tert-OH is 1. The maximum Gasteiger partial charge on any atom is 0.224 e. The summed E-state index contributed by atoms with van der Waals surface area (Å²) in [6.45, 7) is 11.9. The van der Waals surface area contributed by atoms with Crippen LogP contribution in [0.1, 0.15) is 67.2 Å². The summed E-state index contributed by atoms with van der Waals surface area (Å²) in [4.78, 5) is 37.5. The number of rotatable bonds is 19. The maximum absolute atomic E-state index is 13.9. The van der Waals surface area contributed by atoms with Gasteiger partial charge < -0.3 is 36.7 Å². The Kier molecular flexibility index (Phi) is 15.3. The van der Waals surface area contributed by atoms with Crippen molar-refractivity contribution in [3.63, 3.8) is 0 Å². The molecule has 41 heavy (non-hydrogen) atoms. The van der Waals surface area contributed by atoms with Crippen LogP contribution in [-0.4, -0.2) is 61.8 Å². The van der Waals surface area contributed by atoms with E-state index in [4.69, 9.17) is 20.9 Å². The molecule has 1 aromatic carbocycles. The second-order valence-electron chi connectivity index (χ2n) is 12.1. The van der Waals surface area contributed by atoms with E-state index in [1.54, 1.807) is 21.0 Å². The van der Waals surface area contributed by atoms with Crippen LogP contribution < -0.4 is 26.8 Å². The fourth-order valence-corrected chi connectivity index (χ4v) is 4.29. The van der Waals surface area contributed by atoms with Gasteiger partial charge in [-0.25, -0.2) is 4.39 Å². The molecule has 0 radical (unpaired) electrons. The number of nitrogens with two attached hydrogens (primary N) is 2. The van der Waals surface area contributed by atoms with Crippen molar-refractivity contribution in [2.45, 2.75) is 79.4 Å². The quantitative estimate of drug-likeness (QED) is 0.156. The van der Waals surface area contributed by atoms with Crippen LogP contribution in [0.25, 0.3) is 0 Å². The fraction of sp³-hybridized carbons (Fsp3) is 0.700. The van der Waals surface area contributed by atoms with Crippen molar-refractivity contribution in [1.82, 2.24) is 5.32 Å². The maximum atomic E-state index is 13.9. The van der Waals surface area contributed by atoms with Gasteiger partial charge in [0.15, 0.2) is 0 Å². The lowest BCUT2D eigenvalue weighted by Gasteiger charge is -2.30. The minimum atomic E-state index is -0.989. The molecule has 3 amide bonds. The number of nitrogens with one attached hydrogen (secondary N) is 2. The van der Waals surface area contributed by atoms with Gasteiger partial charge in [-0.2, -0.15) is 0 Å². The number of hydrogen-bond donors (Lipinski definition) is 5. The van der Waals surface area contributed by atoms with Gasteiger partial charge in [0.25, 0.3) is 0 Å². The Morgan fingerprint density at radius 3 is 2.29 bits per heavy atom. The predicted octanol–water partition coefficient (Wildman–Crippen LogP) is 3.21. The molecule has 7 N–H and O–H groups in total. The predicted molar refractivity (Wildman–Crippen MR) is 157 cm³/mol. The molecule has 234 valence electrons.